The Hall–Kier alpha value is -2.50. The van der Waals surface area contributed by atoms with E-state index >= 15 is 0 Å². The lowest BCUT2D eigenvalue weighted by atomic mass is 10.2. The van der Waals surface area contributed by atoms with E-state index in [-0.39, 0.29) is 11.4 Å². The van der Waals surface area contributed by atoms with Gasteiger partial charge in [0.1, 0.15) is 11.6 Å². The summed E-state index contributed by atoms with van der Waals surface area (Å²) in [6.07, 6.45) is 0. The number of hydrogen-bond donors (Lipinski definition) is 2. The first kappa shape index (κ1) is 13.9. The number of carbonyl (C=O) groups excluding carboxylic acids is 1. The van der Waals surface area contributed by atoms with Crippen LogP contribution in [0.15, 0.2) is 30.3 Å². The molecule has 0 saturated carbocycles. The van der Waals surface area contributed by atoms with Crippen LogP contribution in [0.2, 0.25) is 0 Å². The van der Waals surface area contributed by atoms with E-state index in [1.165, 1.54) is 18.2 Å². The molecular formula is C14H15FN4O. The molecule has 0 radical (unpaired) electrons. The van der Waals surface area contributed by atoms with Crippen molar-refractivity contribution in [2.24, 2.45) is 0 Å². The summed E-state index contributed by atoms with van der Waals surface area (Å²) >= 11 is 0. The average Bonchev–Trinajstić information content (AvgIpc) is 2.43. The summed E-state index contributed by atoms with van der Waals surface area (Å²) in [4.78, 5) is 11.9. The Labute approximate surface area is 116 Å². The van der Waals surface area contributed by atoms with Gasteiger partial charge in [0.15, 0.2) is 5.69 Å². The summed E-state index contributed by atoms with van der Waals surface area (Å²) in [7, 11) is 0. The van der Waals surface area contributed by atoms with Gasteiger partial charge in [0.05, 0.1) is 5.69 Å². The number of benzene rings is 1. The molecule has 0 fully saturated rings. The zero-order chi connectivity index (χ0) is 14.5. The Kier molecular flexibility index (Phi) is 4.24. The largest absolute Gasteiger partial charge is 0.369 e. The smallest absolute Gasteiger partial charge is 0.276 e. The van der Waals surface area contributed by atoms with Crippen LogP contribution in [-0.2, 0) is 0 Å². The maximum atomic E-state index is 13.6. The quantitative estimate of drug-likeness (QED) is 0.899. The van der Waals surface area contributed by atoms with Crippen LogP contribution in [0.5, 0.6) is 0 Å². The third kappa shape index (κ3) is 3.28. The number of nitrogens with one attached hydrogen (secondary N) is 2. The van der Waals surface area contributed by atoms with Gasteiger partial charge in [-0.25, -0.2) is 4.39 Å². The Morgan fingerprint density at radius 1 is 1.25 bits per heavy atom. The predicted molar refractivity (Wildman–Crippen MR) is 75.3 cm³/mol. The third-order valence-electron chi connectivity index (χ3n) is 2.63. The molecule has 20 heavy (non-hydrogen) atoms. The van der Waals surface area contributed by atoms with E-state index in [2.05, 4.69) is 20.8 Å². The van der Waals surface area contributed by atoms with Crippen molar-refractivity contribution in [2.45, 2.75) is 13.8 Å². The molecule has 0 bridgehead atoms. The van der Waals surface area contributed by atoms with E-state index < -0.39 is 11.7 Å². The second-order valence-corrected chi connectivity index (χ2v) is 4.27. The summed E-state index contributed by atoms with van der Waals surface area (Å²) in [6, 6.07) is 7.78. The Morgan fingerprint density at radius 3 is 2.65 bits per heavy atom. The molecule has 0 spiro atoms. The monoisotopic (exact) mass is 274 g/mol. The zero-order valence-corrected chi connectivity index (χ0v) is 11.3. The lowest BCUT2D eigenvalue weighted by Gasteiger charge is -2.07. The molecule has 5 nitrogen and oxygen atoms in total. The van der Waals surface area contributed by atoms with Crippen molar-refractivity contribution in [3.63, 3.8) is 0 Å². The van der Waals surface area contributed by atoms with E-state index in [1.807, 2.05) is 6.92 Å². The van der Waals surface area contributed by atoms with Gasteiger partial charge < -0.3 is 10.6 Å². The molecule has 104 valence electrons. The van der Waals surface area contributed by atoms with Crippen molar-refractivity contribution in [3.05, 3.63) is 47.4 Å². The summed E-state index contributed by atoms with van der Waals surface area (Å²) in [6.45, 7) is 4.43. The van der Waals surface area contributed by atoms with Gasteiger partial charge in [-0.1, -0.05) is 6.07 Å². The molecule has 2 N–H and O–H groups in total. The zero-order valence-electron chi connectivity index (χ0n) is 11.3. The number of aryl methyl sites for hydroxylation is 1. The van der Waals surface area contributed by atoms with Crippen LogP contribution in [0.25, 0.3) is 0 Å². The molecule has 1 aromatic heterocycles. The van der Waals surface area contributed by atoms with Crippen LogP contribution in [0, 0.1) is 12.7 Å². The third-order valence-corrected chi connectivity index (χ3v) is 2.63. The van der Waals surface area contributed by atoms with E-state index in [0.717, 1.165) is 12.1 Å². The standard InChI is InChI=1S/C14H15FN4O/c1-3-16-13-7-6-12(18-19-13)14(20)17-11-5-4-9(2)8-10(11)15/h4-8H,3H2,1-2H3,(H,16,19)(H,17,20). The molecule has 1 amide bonds. The molecule has 0 saturated heterocycles. The number of nitrogens with zero attached hydrogens (tertiary/aromatic N) is 2. The van der Waals surface area contributed by atoms with Gasteiger partial charge in [0.2, 0.25) is 0 Å². The molecular weight excluding hydrogens is 259 g/mol. The summed E-state index contributed by atoms with van der Waals surface area (Å²) < 4.78 is 13.6. The molecule has 0 atom stereocenters. The Balaban J connectivity index is 2.11. The van der Waals surface area contributed by atoms with E-state index in [0.29, 0.717) is 5.82 Å². The van der Waals surface area contributed by atoms with Crippen LogP contribution >= 0.6 is 0 Å². The van der Waals surface area contributed by atoms with Crippen LogP contribution in [0.3, 0.4) is 0 Å². The fourth-order valence-corrected chi connectivity index (χ4v) is 1.64. The van der Waals surface area contributed by atoms with Crippen molar-refractivity contribution in [2.75, 3.05) is 17.2 Å². The number of hydrogen-bond acceptors (Lipinski definition) is 4. The average molecular weight is 274 g/mol. The lowest BCUT2D eigenvalue weighted by Crippen LogP contribution is -2.15. The minimum Gasteiger partial charge on any atom is -0.369 e. The first-order valence-electron chi connectivity index (χ1n) is 6.25. The molecule has 1 aromatic carbocycles. The number of halogens is 1. The fraction of sp³-hybridized carbons (Fsp3) is 0.214. The summed E-state index contributed by atoms with van der Waals surface area (Å²) in [5, 5.41) is 13.1. The Bertz CT molecular complexity index is 613. The first-order valence-corrected chi connectivity index (χ1v) is 6.25. The van der Waals surface area contributed by atoms with Crippen molar-refractivity contribution >= 4 is 17.4 Å². The number of amides is 1. The van der Waals surface area contributed by atoms with Crippen molar-refractivity contribution in [3.8, 4) is 0 Å². The van der Waals surface area contributed by atoms with Gasteiger partial charge in [0.25, 0.3) is 5.91 Å². The number of aromatic nitrogens is 2. The molecule has 2 aromatic rings. The van der Waals surface area contributed by atoms with Crippen molar-refractivity contribution < 1.29 is 9.18 Å². The highest BCUT2D eigenvalue weighted by Crippen LogP contribution is 2.16. The highest BCUT2D eigenvalue weighted by molar-refractivity contribution is 6.02. The van der Waals surface area contributed by atoms with E-state index in [1.54, 1.807) is 19.1 Å². The predicted octanol–water partition coefficient (Wildman–Crippen LogP) is 2.61. The summed E-state index contributed by atoms with van der Waals surface area (Å²) in [5.74, 6) is -0.385. The number of carbonyl (C=O) groups is 1. The van der Waals surface area contributed by atoms with E-state index in [9.17, 15) is 9.18 Å². The van der Waals surface area contributed by atoms with Gasteiger partial charge in [0, 0.05) is 6.54 Å². The fourth-order valence-electron chi connectivity index (χ4n) is 1.64. The number of rotatable bonds is 4. The van der Waals surface area contributed by atoms with Gasteiger partial charge in [-0.05, 0) is 43.7 Å². The van der Waals surface area contributed by atoms with Gasteiger partial charge in [-0.3, -0.25) is 4.79 Å². The topological polar surface area (TPSA) is 66.9 Å². The van der Waals surface area contributed by atoms with E-state index in [4.69, 9.17) is 0 Å². The SMILES string of the molecule is CCNc1ccc(C(=O)Nc2ccc(C)cc2F)nn1. The maximum absolute atomic E-state index is 13.6. The minimum absolute atomic E-state index is 0.123. The van der Waals surface area contributed by atoms with Gasteiger partial charge in [-0.2, -0.15) is 0 Å². The first-order chi connectivity index (χ1) is 9.60. The second kappa shape index (κ2) is 6.10. The van der Waals surface area contributed by atoms with Crippen LogP contribution in [0.4, 0.5) is 15.9 Å². The highest BCUT2D eigenvalue weighted by Gasteiger charge is 2.11. The second-order valence-electron chi connectivity index (χ2n) is 4.27. The molecule has 6 heteroatoms. The maximum Gasteiger partial charge on any atom is 0.276 e. The van der Waals surface area contributed by atoms with Crippen molar-refractivity contribution in [1.29, 1.82) is 0 Å². The Morgan fingerprint density at radius 2 is 2.05 bits per heavy atom. The normalized spacial score (nSPS) is 10.2. The molecule has 0 aliphatic heterocycles. The van der Waals surface area contributed by atoms with Crippen molar-refractivity contribution in [1.82, 2.24) is 10.2 Å². The van der Waals surface area contributed by atoms with Gasteiger partial charge in [-0.15, -0.1) is 10.2 Å². The molecule has 2 rings (SSSR count). The van der Waals surface area contributed by atoms with Crippen LogP contribution in [-0.4, -0.2) is 22.6 Å². The molecule has 0 aliphatic rings. The minimum atomic E-state index is -0.497. The number of anilines is 2. The highest BCUT2D eigenvalue weighted by atomic mass is 19.1. The van der Waals surface area contributed by atoms with Crippen LogP contribution in [0.1, 0.15) is 23.0 Å². The molecule has 0 aliphatic carbocycles. The van der Waals surface area contributed by atoms with Crippen LogP contribution < -0.4 is 10.6 Å². The summed E-state index contributed by atoms with van der Waals surface area (Å²) in [5.41, 5.74) is 1.04. The van der Waals surface area contributed by atoms with Gasteiger partial charge >= 0.3 is 0 Å². The molecule has 1 heterocycles. The lowest BCUT2D eigenvalue weighted by molar-refractivity contribution is 0.102. The molecule has 0 unspecified atom stereocenters.